The summed E-state index contributed by atoms with van der Waals surface area (Å²) in [6.07, 6.45) is 2.07. The molecule has 1 atom stereocenters. The number of benzene rings is 2. The minimum atomic E-state index is -1.72. The number of amides is 2. The number of aromatic nitrogens is 2. The maximum absolute atomic E-state index is 13.4. The van der Waals surface area contributed by atoms with Crippen LogP contribution in [0.5, 0.6) is 11.5 Å². The van der Waals surface area contributed by atoms with Gasteiger partial charge in [-0.1, -0.05) is 6.07 Å². The number of carbonyl (C=O) groups is 2. The molecule has 0 spiro atoms. The minimum absolute atomic E-state index is 0.0296. The number of fused-ring (bicyclic) bond motifs is 1. The van der Waals surface area contributed by atoms with Crippen LogP contribution in [0.2, 0.25) is 0 Å². The Balaban J connectivity index is 1.40. The van der Waals surface area contributed by atoms with Gasteiger partial charge < -0.3 is 30.8 Å². The monoisotopic (exact) mass is 491 g/mol. The number of anilines is 1. The highest BCUT2D eigenvalue weighted by molar-refractivity contribution is 6.50. The Kier molecular flexibility index (Phi) is 6.33. The van der Waals surface area contributed by atoms with E-state index in [9.17, 15) is 9.59 Å². The Morgan fingerprint density at radius 2 is 2.00 bits per heavy atom. The van der Waals surface area contributed by atoms with Crippen LogP contribution in [0.3, 0.4) is 0 Å². The number of primary amides is 1. The van der Waals surface area contributed by atoms with Crippen LogP contribution in [0.15, 0.2) is 41.4 Å². The Morgan fingerprint density at radius 3 is 2.72 bits per heavy atom. The normalized spacial score (nSPS) is 20.2. The smallest absolute Gasteiger partial charge is 0.272 e. The second-order valence-corrected chi connectivity index (χ2v) is 8.90. The summed E-state index contributed by atoms with van der Waals surface area (Å²) in [5, 5.41) is 9.16. The Morgan fingerprint density at radius 1 is 1.19 bits per heavy atom. The number of para-hydroxylation sites is 1. The van der Waals surface area contributed by atoms with Crippen molar-refractivity contribution < 1.29 is 19.1 Å². The third kappa shape index (κ3) is 4.16. The number of aromatic amines is 1. The van der Waals surface area contributed by atoms with Gasteiger partial charge in [0.05, 0.1) is 19.3 Å². The summed E-state index contributed by atoms with van der Waals surface area (Å²) in [6, 6.07) is 10.8. The van der Waals surface area contributed by atoms with Gasteiger partial charge in [0.15, 0.2) is 0 Å². The number of rotatable bonds is 7. The lowest BCUT2D eigenvalue weighted by Gasteiger charge is -2.25. The second-order valence-electron chi connectivity index (χ2n) is 8.90. The van der Waals surface area contributed by atoms with Crippen LogP contribution in [0, 0.1) is 6.92 Å². The summed E-state index contributed by atoms with van der Waals surface area (Å²) in [6.45, 7) is 3.79. The van der Waals surface area contributed by atoms with Crippen LogP contribution < -0.4 is 31.2 Å². The number of ether oxygens (including phenoxy) is 2. The topological polar surface area (TPSA) is 156 Å². The fourth-order valence-electron chi connectivity index (χ4n) is 4.68. The average Bonchev–Trinajstić information content (AvgIpc) is 3.51. The molecule has 3 heterocycles. The molecule has 3 aromatic rings. The van der Waals surface area contributed by atoms with Crippen molar-refractivity contribution in [3.05, 3.63) is 47.8 Å². The predicted octanol–water partition coefficient (Wildman–Crippen LogP) is 1.33. The number of imidazole rings is 1. The number of hydrogen-bond acceptors (Lipinski definition) is 8. The Hall–Kier alpha value is -3.96. The molecule has 1 unspecified atom stereocenters. The van der Waals surface area contributed by atoms with E-state index in [-0.39, 0.29) is 24.3 Å². The second kappa shape index (κ2) is 9.59. The molecule has 1 fully saturated rings. The lowest BCUT2D eigenvalue weighted by molar-refractivity contribution is -0.123. The molecule has 11 nitrogen and oxygen atoms in total. The van der Waals surface area contributed by atoms with Gasteiger partial charge in [0.1, 0.15) is 34.7 Å². The van der Waals surface area contributed by atoms with Gasteiger partial charge in [-0.15, -0.1) is 0 Å². The van der Waals surface area contributed by atoms with Crippen molar-refractivity contribution in [2.45, 2.75) is 31.4 Å². The van der Waals surface area contributed by atoms with Crippen LogP contribution in [0.4, 0.5) is 5.69 Å². The van der Waals surface area contributed by atoms with Gasteiger partial charge >= 0.3 is 0 Å². The molecule has 1 saturated heterocycles. The molecule has 2 aliphatic heterocycles. The van der Waals surface area contributed by atoms with E-state index in [0.717, 1.165) is 37.2 Å². The maximum Gasteiger partial charge on any atom is 0.272 e. The van der Waals surface area contributed by atoms with Crippen molar-refractivity contribution in [3.63, 3.8) is 0 Å². The summed E-state index contributed by atoms with van der Waals surface area (Å²) in [7, 11) is 1.53. The van der Waals surface area contributed by atoms with Crippen molar-refractivity contribution in [2.24, 2.45) is 10.7 Å². The van der Waals surface area contributed by atoms with E-state index in [1.807, 2.05) is 19.1 Å². The molecule has 36 heavy (non-hydrogen) atoms. The zero-order valence-electron chi connectivity index (χ0n) is 20.2. The lowest BCUT2D eigenvalue weighted by atomic mass is 9.91. The summed E-state index contributed by atoms with van der Waals surface area (Å²) >= 11 is 0. The first-order valence-electron chi connectivity index (χ1n) is 11.8. The summed E-state index contributed by atoms with van der Waals surface area (Å²) in [4.78, 5) is 38.2. The highest BCUT2D eigenvalue weighted by Crippen LogP contribution is 2.31. The molecule has 0 aliphatic carbocycles. The van der Waals surface area contributed by atoms with E-state index in [1.165, 1.54) is 7.11 Å². The van der Waals surface area contributed by atoms with Crippen LogP contribution >= 0.6 is 0 Å². The van der Waals surface area contributed by atoms with Crippen molar-refractivity contribution in [3.8, 4) is 11.5 Å². The van der Waals surface area contributed by atoms with E-state index in [4.69, 9.17) is 15.2 Å². The van der Waals surface area contributed by atoms with Crippen molar-refractivity contribution in [1.82, 2.24) is 20.6 Å². The average molecular weight is 492 g/mol. The van der Waals surface area contributed by atoms with E-state index < -0.39 is 17.4 Å². The number of aryl methyl sites for hydroxylation is 1. The largest absolute Gasteiger partial charge is 0.494 e. The number of piperidine rings is 1. The zero-order chi connectivity index (χ0) is 25.3. The predicted molar refractivity (Wildman–Crippen MR) is 135 cm³/mol. The van der Waals surface area contributed by atoms with Gasteiger partial charge in [-0.3, -0.25) is 19.9 Å². The number of nitrogens with one attached hydrogen (secondary N) is 4. The molecule has 1 aromatic heterocycles. The third-order valence-corrected chi connectivity index (χ3v) is 6.61. The van der Waals surface area contributed by atoms with E-state index in [1.54, 1.807) is 24.3 Å². The molecule has 11 heteroatoms. The standard InChI is InChI=1S/C25H29N7O4/c1-14-12-16(36-15-8-10-27-11-9-15)6-7-17(14)30-22(33)21-25(23(26)34,29-13-28-21)24-31-18-4-3-5-19(35-2)20(18)32-24/h3-7,12,15,27,29H,8-11,13H2,1-2H3,(H2,26,34)(H,30,33)(H,31,32). The molecule has 6 N–H and O–H groups in total. The van der Waals surface area contributed by atoms with Gasteiger partial charge in [-0.05, 0) is 68.8 Å². The molecule has 0 radical (unpaired) electrons. The first kappa shape index (κ1) is 23.8. The highest BCUT2D eigenvalue weighted by atomic mass is 16.5. The fraction of sp³-hybridized carbons (Fsp3) is 0.360. The number of H-pyrrole nitrogens is 1. The fourth-order valence-corrected chi connectivity index (χ4v) is 4.68. The van der Waals surface area contributed by atoms with Gasteiger partial charge in [-0.2, -0.15) is 0 Å². The Bertz CT molecular complexity index is 1350. The van der Waals surface area contributed by atoms with Crippen LogP contribution in [0.25, 0.3) is 11.0 Å². The van der Waals surface area contributed by atoms with Gasteiger partial charge in [0.2, 0.25) is 5.54 Å². The molecular formula is C25H29N7O4. The molecular weight excluding hydrogens is 462 g/mol. The molecule has 0 bridgehead atoms. The minimum Gasteiger partial charge on any atom is -0.494 e. The maximum atomic E-state index is 13.4. The van der Waals surface area contributed by atoms with Crippen molar-refractivity contribution >= 4 is 34.2 Å². The SMILES string of the molecule is COc1cccc2[nH]c(C3(C(N)=O)NCN=C3C(=O)Nc3ccc(OC4CCNCC4)cc3C)nc12. The first-order valence-corrected chi connectivity index (χ1v) is 11.8. The number of hydrogen-bond donors (Lipinski definition) is 5. The Labute approximate surface area is 207 Å². The zero-order valence-corrected chi connectivity index (χ0v) is 20.2. The van der Waals surface area contributed by atoms with Crippen LogP contribution in [-0.4, -0.2) is 60.5 Å². The third-order valence-electron chi connectivity index (χ3n) is 6.61. The van der Waals surface area contributed by atoms with Gasteiger partial charge in [0.25, 0.3) is 11.8 Å². The molecule has 2 aromatic carbocycles. The molecule has 5 rings (SSSR count). The quantitative estimate of drug-likeness (QED) is 0.334. The summed E-state index contributed by atoms with van der Waals surface area (Å²) < 4.78 is 11.5. The molecule has 0 saturated carbocycles. The van der Waals surface area contributed by atoms with Gasteiger partial charge in [0, 0.05) is 5.69 Å². The van der Waals surface area contributed by atoms with E-state index in [2.05, 4.69) is 30.9 Å². The summed E-state index contributed by atoms with van der Waals surface area (Å²) in [5.41, 5.74) is 6.61. The van der Waals surface area contributed by atoms with Crippen LogP contribution in [0.1, 0.15) is 24.2 Å². The first-order chi connectivity index (χ1) is 17.4. The van der Waals surface area contributed by atoms with Gasteiger partial charge in [-0.25, -0.2) is 4.98 Å². The summed E-state index contributed by atoms with van der Waals surface area (Å²) in [5.74, 6) is 0.0945. The number of nitrogens with two attached hydrogens (primary N) is 1. The van der Waals surface area contributed by atoms with Crippen LogP contribution in [-0.2, 0) is 15.1 Å². The molecule has 2 amide bonds. The number of methoxy groups -OCH3 is 1. The van der Waals surface area contributed by atoms with Crippen molar-refractivity contribution in [1.29, 1.82) is 0 Å². The van der Waals surface area contributed by atoms with E-state index in [0.29, 0.717) is 22.5 Å². The van der Waals surface area contributed by atoms with Crippen molar-refractivity contribution in [2.75, 3.05) is 32.2 Å². The number of nitrogens with zero attached hydrogens (tertiary/aromatic N) is 2. The number of aliphatic imine (C=N–C) groups is 1. The lowest BCUT2D eigenvalue weighted by Crippen LogP contribution is -2.58. The van der Waals surface area contributed by atoms with E-state index >= 15 is 0 Å². The molecule has 2 aliphatic rings. The molecule has 188 valence electrons. The highest BCUT2D eigenvalue weighted by Gasteiger charge is 2.52. The number of carbonyl (C=O) groups excluding carboxylic acids is 2.